The zero-order valence-electron chi connectivity index (χ0n) is 15.5. The van der Waals surface area contributed by atoms with E-state index in [1.54, 1.807) is 17.1 Å². The van der Waals surface area contributed by atoms with Crippen LogP contribution in [-0.2, 0) is 6.54 Å². The number of aromatic nitrogens is 6. The number of aliphatic hydroxyl groups excluding tert-OH is 1. The van der Waals surface area contributed by atoms with Crippen molar-refractivity contribution >= 4 is 22.7 Å². The summed E-state index contributed by atoms with van der Waals surface area (Å²) in [6.45, 7) is 2.80. The van der Waals surface area contributed by atoms with Crippen LogP contribution in [0.25, 0.3) is 11.0 Å². The third-order valence-electron chi connectivity index (χ3n) is 5.27. The molecule has 3 aromatic heterocycles. The summed E-state index contributed by atoms with van der Waals surface area (Å²) in [4.78, 5) is 9.02. The van der Waals surface area contributed by atoms with E-state index in [1.807, 2.05) is 24.0 Å². The monoisotopic (exact) mass is 370 g/mol. The van der Waals surface area contributed by atoms with E-state index >= 15 is 0 Å². The lowest BCUT2D eigenvalue weighted by atomic mass is 9.86. The molecule has 9 nitrogen and oxygen atoms in total. The van der Waals surface area contributed by atoms with Crippen molar-refractivity contribution in [3.8, 4) is 0 Å². The zero-order chi connectivity index (χ0) is 18.8. The highest BCUT2D eigenvalue weighted by atomic mass is 16.3. The molecule has 1 saturated carbocycles. The molecule has 4 N–H and O–H groups in total. The predicted octanol–water partition coefficient (Wildman–Crippen LogP) is 1.84. The number of nitrogens with one attached hydrogen (secondary N) is 1. The second kappa shape index (κ2) is 7.61. The SMILES string of the molecule is CC(CO)n1cc(Nc2ncc3cnn(CC4CCC(N)CC4)c3n2)cn1. The maximum Gasteiger partial charge on any atom is 0.229 e. The van der Waals surface area contributed by atoms with E-state index in [9.17, 15) is 5.11 Å². The van der Waals surface area contributed by atoms with Crippen molar-refractivity contribution in [2.75, 3.05) is 11.9 Å². The van der Waals surface area contributed by atoms with E-state index in [2.05, 4.69) is 25.5 Å². The molecule has 3 heterocycles. The first-order valence-corrected chi connectivity index (χ1v) is 9.48. The van der Waals surface area contributed by atoms with Gasteiger partial charge in [-0.2, -0.15) is 15.2 Å². The molecule has 0 bridgehead atoms. The van der Waals surface area contributed by atoms with Gasteiger partial charge in [-0.25, -0.2) is 9.67 Å². The number of nitrogens with zero attached hydrogens (tertiary/aromatic N) is 6. The van der Waals surface area contributed by atoms with Gasteiger partial charge < -0.3 is 16.2 Å². The fraction of sp³-hybridized carbons (Fsp3) is 0.556. The number of hydrogen-bond acceptors (Lipinski definition) is 7. The average molecular weight is 370 g/mol. The van der Waals surface area contributed by atoms with Crippen LogP contribution in [0.5, 0.6) is 0 Å². The molecule has 0 aliphatic heterocycles. The number of aliphatic hydroxyl groups is 1. The number of fused-ring (bicyclic) bond motifs is 1. The van der Waals surface area contributed by atoms with Gasteiger partial charge in [0.05, 0.1) is 36.1 Å². The Balaban J connectivity index is 1.50. The third kappa shape index (κ3) is 3.93. The van der Waals surface area contributed by atoms with Gasteiger partial charge in [0.2, 0.25) is 5.95 Å². The molecule has 0 amide bonds. The first kappa shape index (κ1) is 17.9. The van der Waals surface area contributed by atoms with Crippen molar-refractivity contribution < 1.29 is 5.11 Å². The largest absolute Gasteiger partial charge is 0.394 e. The Kier molecular flexibility index (Phi) is 5.04. The third-order valence-corrected chi connectivity index (χ3v) is 5.27. The molecule has 1 atom stereocenters. The molecular formula is C18H26N8O. The van der Waals surface area contributed by atoms with E-state index < -0.39 is 0 Å². The smallest absolute Gasteiger partial charge is 0.229 e. The van der Waals surface area contributed by atoms with Gasteiger partial charge >= 0.3 is 0 Å². The Morgan fingerprint density at radius 1 is 1.22 bits per heavy atom. The Hall–Kier alpha value is -2.52. The molecule has 4 rings (SSSR count). The summed E-state index contributed by atoms with van der Waals surface area (Å²) in [7, 11) is 0. The summed E-state index contributed by atoms with van der Waals surface area (Å²) in [6, 6.07) is 0.275. The number of hydrogen-bond donors (Lipinski definition) is 3. The van der Waals surface area contributed by atoms with Crippen molar-refractivity contribution in [2.45, 2.75) is 51.2 Å². The zero-order valence-corrected chi connectivity index (χ0v) is 15.5. The van der Waals surface area contributed by atoms with Crippen LogP contribution in [0, 0.1) is 5.92 Å². The van der Waals surface area contributed by atoms with Gasteiger partial charge in [0, 0.05) is 25.0 Å². The van der Waals surface area contributed by atoms with Crippen LogP contribution in [0.1, 0.15) is 38.6 Å². The summed E-state index contributed by atoms with van der Waals surface area (Å²) in [5.74, 6) is 1.10. The van der Waals surface area contributed by atoms with Gasteiger partial charge in [-0.05, 0) is 38.5 Å². The van der Waals surface area contributed by atoms with Crippen LogP contribution in [0.3, 0.4) is 0 Å². The summed E-state index contributed by atoms with van der Waals surface area (Å²) in [5.41, 5.74) is 7.62. The molecule has 3 aromatic rings. The van der Waals surface area contributed by atoms with Gasteiger partial charge in [0.15, 0.2) is 5.65 Å². The van der Waals surface area contributed by atoms with Crippen molar-refractivity contribution in [1.29, 1.82) is 0 Å². The van der Waals surface area contributed by atoms with E-state index in [0.717, 1.165) is 48.9 Å². The van der Waals surface area contributed by atoms with Gasteiger partial charge in [-0.3, -0.25) is 4.68 Å². The fourth-order valence-corrected chi connectivity index (χ4v) is 3.53. The molecule has 1 aliphatic carbocycles. The van der Waals surface area contributed by atoms with Crippen LogP contribution < -0.4 is 11.1 Å². The van der Waals surface area contributed by atoms with Crippen LogP contribution in [0.15, 0.2) is 24.8 Å². The molecule has 1 fully saturated rings. The summed E-state index contributed by atoms with van der Waals surface area (Å²) in [5, 5.41) is 22.1. The Morgan fingerprint density at radius 2 is 2.04 bits per heavy atom. The van der Waals surface area contributed by atoms with E-state index in [-0.39, 0.29) is 12.6 Å². The lowest BCUT2D eigenvalue weighted by Gasteiger charge is -2.25. The Labute approximate surface area is 157 Å². The van der Waals surface area contributed by atoms with Crippen molar-refractivity contribution in [1.82, 2.24) is 29.5 Å². The summed E-state index contributed by atoms with van der Waals surface area (Å²) in [6.07, 6.45) is 11.6. The first-order valence-electron chi connectivity index (χ1n) is 9.48. The summed E-state index contributed by atoms with van der Waals surface area (Å²) >= 11 is 0. The Morgan fingerprint density at radius 3 is 2.81 bits per heavy atom. The maximum atomic E-state index is 9.24. The van der Waals surface area contributed by atoms with Crippen LogP contribution >= 0.6 is 0 Å². The highest BCUT2D eigenvalue weighted by Crippen LogP contribution is 2.26. The number of anilines is 2. The minimum Gasteiger partial charge on any atom is -0.394 e. The first-order chi connectivity index (χ1) is 13.1. The summed E-state index contributed by atoms with van der Waals surface area (Å²) < 4.78 is 3.68. The quantitative estimate of drug-likeness (QED) is 0.605. The van der Waals surface area contributed by atoms with Crippen LogP contribution in [0.4, 0.5) is 11.6 Å². The lowest BCUT2D eigenvalue weighted by Crippen LogP contribution is -2.28. The molecule has 0 radical (unpaired) electrons. The molecule has 27 heavy (non-hydrogen) atoms. The normalized spacial score (nSPS) is 21.4. The highest BCUT2D eigenvalue weighted by molar-refractivity contribution is 5.75. The van der Waals surface area contributed by atoms with E-state index in [4.69, 9.17) is 5.73 Å². The van der Waals surface area contributed by atoms with Gasteiger partial charge in [-0.15, -0.1) is 0 Å². The minimum atomic E-state index is -0.0750. The fourth-order valence-electron chi connectivity index (χ4n) is 3.53. The molecule has 144 valence electrons. The lowest BCUT2D eigenvalue weighted by molar-refractivity contribution is 0.230. The molecule has 1 aliphatic rings. The average Bonchev–Trinajstić information content (AvgIpc) is 3.30. The molecule has 0 aromatic carbocycles. The van der Waals surface area contributed by atoms with Crippen molar-refractivity contribution in [3.63, 3.8) is 0 Å². The maximum absolute atomic E-state index is 9.24. The van der Waals surface area contributed by atoms with E-state index in [0.29, 0.717) is 17.9 Å². The van der Waals surface area contributed by atoms with E-state index in [1.165, 1.54) is 0 Å². The van der Waals surface area contributed by atoms with Gasteiger partial charge in [0.25, 0.3) is 0 Å². The molecule has 0 saturated heterocycles. The number of nitrogens with two attached hydrogens (primary N) is 1. The van der Waals surface area contributed by atoms with Crippen LogP contribution in [-0.4, -0.2) is 47.3 Å². The molecule has 1 unspecified atom stereocenters. The predicted molar refractivity (Wildman–Crippen MR) is 103 cm³/mol. The van der Waals surface area contributed by atoms with Crippen molar-refractivity contribution in [3.05, 3.63) is 24.8 Å². The standard InChI is InChI=1S/C18H26N8O/c1-12(11-27)25-10-16(8-22-25)23-18-20-6-14-7-21-26(17(14)24-18)9-13-2-4-15(19)5-3-13/h6-8,10,12-13,15,27H,2-5,9,11,19H2,1H3,(H,20,23,24). The molecule has 9 heteroatoms. The topological polar surface area (TPSA) is 120 Å². The second-order valence-electron chi connectivity index (χ2n) is 7.45. The second-order valence-corrected chi connectivity index (χ2v) is 7.45. The van der Waals surface area contributed by atoms with Gasteiger partial charge in [0.1, 0.15) is 0 Å². The number of rotatable bonds is 6. The van der Waals surface area contributed by atoms with Crippen LogP contribution in [0.2, 0.25) is 0 Å². The Bertz CT molecular complexity index is 896. The van der Waals surface area contributed by atoms with Gasteiger partial charge in [-0.1, -0.05) is 0 Å². The minimum absolute atomic E-state index is 0.0365. The molecular weight excluding hydrogens is 344 g/mol. The molecule has 0 spiro atoms. The highest BCUT2D eigenvalue weighted by Gasteiger charge is 2.20. The van der Waals surface area contributed by atoms with Crippen molar-refractivity contribution in [2.24, 2.45) is 11.7 Å².